The normalized spacial score (nSPS) is 11.6. The standard InChI is InChI=1S/C6H5F3N2O/c7-6(8,9)4-1-3(12)2-5(10)11-4/h1-2H,(H3,10,11,12). The van der Waals surface area contributed by atoms with Crippen molar-refractivity contribution in [3.05, 3.63) is 28.0 Å². The molecule has 1 aromatic rings. The second-order valence-electron chi connectivity index (χ2n) is 2.18. The van der Waals surface area contributed by atoms with Gasteiger partial charge >= 0.3 is 6.18 Å². The maximum absolute atomic E-state index is 11.9. The molecule has 0 aliphatic carbocycles. The van der Waals surface area contributed by atoms with Gasteiger partial charge in [-0.05, 0) is 0 Å². The third kappa shape index (κ3) is 1.77. The molecular weight excluding hydrogens is 173 g/mol. The predicted octanol–water partition coefficient (Wildman–Crippen LogP) is 0.976. The van der Waals surface area contributed by atoms with Crippen LogP contribution in [-0.2, 0) is 6.18 Å². The lowest BCUT2D eigenvalue weighted by Gasteiger charge is -2.05. The molecule has 1 heterocycles. The van der Waals surface area contributed by atoms with Gasteiger partial charge < -0.3 is 10.7 Å². The van der Waals surface area contributed by atoms with Gasteiger partial charge in [0.25, 0.3) is 0 Å². The van der Waals surface area contributed by atoms with Crippen LogP contribution < -0.4 is 11.2 Å². The van der Waals surface area contributed by atoms with Gasteiger partial charge in [0.15, 0.2) is 5.43 Å². The largest absolute Gasteiger partial charge is 0.431 e. The van der Waals surface area contributed by atoms with E-state index in [1.165, 1.54) is 0 Å². The molecule has 66 valence electrons. The Morgan fingerprint density at radius 1 is 1.33 bits per heavy atom. The first-order valence-corrected chi connectivity index (χ1v) is 2.96. The van der Waals surface area contributed by atoms with Gasteiger partial charge in [0.2, 0.25) is 0 Å². The SMILES string of the molecule is Nc1cc(=O)cc(C(F)(F)F)[nH]1. The quantitative estimate of drug-likeness (QED) is 0.622. The van der Waals surface area contributed by atoms with E-state index >= 15 is 0 Å². The van der Waals surface area contributed by atoms with Crippen molar-refractivity contribution in [3.63, 3.8) is 0 Å². The molecule has 0 aromatic carbocycles. The van der Waals surface area contributed by atoms with E-state index in [0.717, 1.165) is 6.07 Å². The molecule has 0 saturated heterocycles. The van der Waals surface area contributed by atoms with Crippen molar-refractivity contribution in [1.29, 1.82) is 0 Å². The number of rotatable bonds is 0. The number of halogens is 3. The number of nitrogen functional groups attached to an aromatic ring is 1. The van der Waals surface area contributed by atoms with E-state index in [1.54, 1.807) is 0 Å². The Hall–Kier alpha value is -1.46. The van der Waals surface area contributed by atoms with Crippen LogP contribution in [0.1, 0.15) is 5.69 Å². The Morgan fingerprint density at radius 2 is 1.92 bits per heavy atom. The summed E-state index contributed by atoms with van der Waals surface area (Å²) in [4.78, 5) is 12.4. The fraction of sp³-hybridized carbons (Fsp3) is 0.167. The van der Waals surface area contributed by atoms with Crippen molar-refractivity contribution in [2.45, 2.75) is 6.18 Å². The first kappa shape index (κ1) is 8.63. The molecule has 0 amide bonds. The Kier molecular flexibility index (Phi) is 1.83. The fourth-order valence-corrected chi connectivity index (χ4v) is 0.718. The summed E-state index contributed by atoms with van der Waals surface area (Å²) in [5.41, 5.74) is 3.10. The number of pyridine rings is 1. The summed E-state index contributed by atoms with van der Waals surface area (Å²) in [7, 11) is 0. The summed E-state index contributed by atoms with van der Waals surface area (Å²) in [6.07, 6.45) is -4.56. The van der Waals surface area contributed by atoms with Gasteiger partial charge in [-0.1, -0.05) is 0 Å². The third-order valence-electron chi connectivity index (χ3n) is 1.17. The molecule has 0 radical (unpaired) electrons. The summed E-state index contributed by atoms with van der Waals surface area (Å²) in [6, 6.07) is 1.34. The van der Waals surface area contributed by atoms with Crippen LogP contribution in [0.3, 0.4) is 0 Å². The first-order chi connectivity index (χ1) is 5.39. The van der Waals surface area contributed by atoms with Gasteiger partial charge in [-0.2, -0.15) is 13.2 Å². The Labute approximate surface area is 65.0 Å². The number of aromatic amines is 1. The number of aromatic nitrogens is 1. The number of anilines is 1. The van der Waals surface area contributed by atoms with E-state index in [-0.39, 0.29) is 5.82 Å². The minimum atomic E-state index is -4.56. The van der Waals surface area contributed by atoms with Crippen LogP contribution in [0.15, 0.2) is 16.9 Å². The van der Waals surface area contributed by atoms with Crippen molar-refractivity contribution in [2.24, 2.45) is 0 Å². The van der Waals surface area contributed by atoms with E-state index < -0.39 is 17.3 Å². The maximum atomic E-state index is 11.9. The van der Waals surface area contributed by atoms with Crippen LogP contribution in [-0.4, -0.2) is 4.98 Å². The molecule has 0 aliphatic heterocycles. The zero-order valence-electron chi connectivity index (χ0n) is 5.77. The minimum absolute atomic E-state index is 0.296. The highest BCUT2D eigenvalue weighted by molar-refractivity contribution is 5.29. The molecule has 1 aromatic heterocycles. The van der Waals surface area contributed by atoms with Crippen molar-refractivity contribution in [2.75, 3.05) is 5.73 Å². The molecule has 0 unspecified atom stereocenters. The van der Waals surface area contributed by atoms with Gasteiger partial charge in [-0.25, -0.2) is 0 Å². The fourth-order valence-electron chi connectivity index (χ4n) is 0.718. The zero-order chi connectivity index (χ0) is 9.35. The van der Waals surface area contributed by atoms with Crippen LogP contribution >= 0.6 is 0 Å². The number of nitrogens with two attached hydrogens (primary N) is 1. The first-order valence-electron chi connectivity index (χ1n) is 2.96. The molecule has 0 bridgehead atoms. The van der Waals surface area contributed by atoms with Gasteiger partial charge in [0.05, 0.1) is 0 Å². The number of H-pyrrole nitrogens is 1. The van der Waals surface area contributed by atoms with Gasteiger partial charge in [0.1, 0.15) is 11.5 Å². The summed E-state index contributed by atoms with van der Waals surface area (Å²) < 4.78 is 35.8. The average molecular weight is 178 g/mol. The molecule has 0 fully saturated rings. The van der Waals surface area contributed by atoms with Crippen molar-refractivity contribution in [1.82, 2.24) is 4.98 Å². The minimum Gasteiger partial charge on any atom is -0.385 e. The monoisotopic (exact) mass is 178 g/mol. The lowest BCUT2D eigenvalue weighted by Crippen LogP contribution is -2.14. The molecule has 12 heavy (non-hydrogen) atoms. The summed E-state index contributed by atoms with van der Waals surface area (Å²) in [5, 5.41) is 0. The van der Waals surface area contributed by atoms with Crippen LogP contribution in [0, 0.1) is 0 Å². The molecule has 3 N–H and O–H groups in total. The molecule has 0 aliphatic rings. The molecule has 0 atom stereocenters. The van der Waals surface area contributed by atoms with E-state index in [2.05, 4.69) is 0 Å². The number of hydrogen-bond acceptors (Lipinski definition) is 2. The van der Waals surface area contributed by atoms with Crippen molar-refractivity contribution in [3.8, 4) is 0 Å². The van der Waals surface area contributed by atoms with Crippen molar-refractivity contribution >= 4 is 5.82 Å². The highest BCUT2D eigenvalue weighted by Gasteiger charge is 2.31. The number of alkyl halides is 3. The van der Waals surface area contributed by atoms with E-state index in [1.807, 2.05) is 4.98 Å². The topological polar surface area (TPSA) is 58.9 Å². The lowest BCUT2D eigenvalue weighted by atomic mass is 10.3. The Balaban J connectivity index is 3.27. The van der Waals surface area contributed by atoms with Crippen LogP contribution in [0.25, 0.3) is 0 Å². The second kappa shape index (κ2) is 2.54. The average Bonchev–Trinajstić information content (AvgIpc) is 1.82. The third-order valence-corrected chi connectivity index (χ3v) is 1.17. The van der Waals surface area contributed by atoms with Crippen LogP contribution in [0.2, 0.25) is 0 Å². The van der Waals surface area contributed by atoms with Gasteiger partial charge in [-0.15, -0.1) is 0 Å². The maximum Gasteiger partial charge on any atom is 0.431 e. The van der Waals surface area contributed by atoms with Crippen LogP contribution in [0.5, 0.6) is 0 Å². The predicted molar refractivity (Wildman–Crippen MR) is 36.5 cm³/mol. The smallest absolute Gasteiger partial charge is 0.385 e. The van der Waals surface area contributed by atoms with E-state index in [0.29, 0.717) is 6.07 Å². The Morgan fingerprint density at radius 3 is 2.33 bits per heavy atom. The van der Waals surface area contributed by atoms with Gasteiger partial charge in [-0.3, -0.25) is 4.79 Å². The second-order valence-corrected chi connectivity index (χ2v) is 2.18. The molecule has 1 rings (SSSR count). The van der Waals surface area contributed by atoms with Crippen LogP contribution in [0.4, 0.5) is 19.0 Å². The summed E-state index contributed by atoms with van der Waals surface area (Å²) in [5.74, 6) is -0.296. The highest BCUT2D eigenvalue weighted by atomic mass is 19.4. The number of nitrogens with one attached hydrogen (secondary N) is 1. The molecule has 3 nitrogen and oxygen atoms in total. The Bertz CT molecular complexity index is 341. The molecular formula is C6H5F3N2O. The molecule has 0 spiro atoms. The zero-order valence-corrected chi connectivity index (χ0v) is 5.77. The van der Waals surface area contributed by atoms with Crippen molar-refractivity contribution < 1.29 is 13.2 Å². The lowest BCUT2D eigenvalue weighted by molar-refractivity contribution is -0.141. The number of hydrogen-bond donors (Lipinski definition) is 2. The van der Waals surface area contributed by atoms with E-state index in [9.17, 15) is 18.0 Å². The molecule has 6 heteroatoms. The highest BCUT2D eigenvalue weighted by Crippen LogP contribution is 2.26. The molecule has 0 saturated carbocycles. The van der Waals surface area contributed by atoms with Gasteiger partial charge in [0, 0.05) is 12.1 Å². The van der Waals surface area contributed by atoms with E-state index in [4.69, 9.17) is 5.73 Å². The summed E-state index contributed by atoms with van der Waals surface area (Å²) >= 11 is 0. The summed E-state index contributed by atoms with van der Waals surface area (Å²) in [6.45, 7) is 0.